The Labute approximate surface area is 118 Å². The summed E-state index contributed by atoms with van der Waals surface area (Å²) < 4.78 is 0. The molecule has 0 spiro atoms. The first kappa shape index (κ1) is 12.9. The van der Waals surface area contributed by atoms with Crippen molar-refractivity contribution in [3.05, 3.63) is 41.9 Å². The molecule has 0 aliphatic heterocycles. The quantitative estimate of drug-likeness (QED) is 0.898. The fourth-order valence-electron chi connectivity index (χ4n) is 2.96. The molecule has 3 N–H and O–H groups in total. The zero-order valence-electron chi connectivity index (χ0n) is 11.4. The maximum Gasteiger partial charge on any atom is 0.284 e. The van der Waals surface area contributed by atoms with E-state index in [1.54, 1.807) is 6.20 Å². The third kappa shape index (κ3) is 2.59. The highest BCUT2D eigenvalue weighted by atomic mass is 16.1. The molecule has 0 radical (unpaired) electrons. The Bertz CT molecular complexity index is 594. The second-order valence-electron chi connectivity index (χ2n) is 5.47. The minimum absolute atomic E-state index is 0.205. The summed E-state index contributed by atoms with van der Waals surface area (Å²) in [5.74, 6) is 0.382. The number of nitrogens with zero attached hydrogens (tertiary/aromatic N) is 1. The van der Waals surface area contributed by atoms with Crippen LogP contribution in [0.3, 0.4) is 0 Å². The summed E-state index contributed by atoms with van der Waals surface area (Å²) >= 11 is 0. The van der Waals surface area contributed by atoms with E-state index in [1.807, 2.05) is 0 Å². The molecule has 1 aliphatic carbocycles. The van der Waals surface area contributed by atoms with E-state index in [9.17, 15) is 4.79 Å². The van der Waals surface area contributed by atoms with E-state index in [2.05, 4.69) is 34.2 Å². The third-order valence-corrected chi connectivity index (χ3v) is 4.11. The number of aromatic amines is 1. The molecule has 1 saturated carbocycles. The Balaban J connectivity index is 1.79. The fraction of sp³-hybridized carbons (Fsp3) is 0.375. The Hall–Kier alpha value is -2.10. The summed E-state index contributed by atoms with van der Waals surface area (Å²) in [7, 11) is 0. The SMILES string of the molecule is NC(=O)c1ncc(-c2ccc(C3CCCCC3)cc2)[nH]1. The number of nitrogens with one attached hydrogen (secondary N) is 1. The van der Waals surface area contributed by atoms with Gasteiger partial charge in [0.2, 0.25) is 0 Å². The normalized spacial score (nSPS) is 16.2. The Morgan fingerprint density at radius 3 is 2.45 bits per heavy atom. The number of aromatic nitrogens is 2. The number of carbonyl (C=O) groups excluding carboxylic acids is 1. The van der Waals surface area contributed by atoms with Crippen molar-refractivity contribution in [2.45, 2.75) is 38.0 Å². The van der Waals surface area contributed by atoms with Gasteiger partial charge in [0.15, 0.2) is 5.82 Å². The van der Waals surface area contributed by atoms with Gasteiger partial charge in [-0.2, -0.15) is 0 Å². The van der Waals surface area contributed by atoms with Crippen molar-refractivity contribution < 1.29 is 4.79 Å². The van der Waals surface area contributed by atoms with E-state index in [0.29, 0.717) is 5.92 Å². The third-order valence-electron chi connectivity index (χ3n) is 4.11. The van der Waals surface area contributed by atoms with Crippen LogP contribution in [0.25, 0.3) is 11.3 Å². The van der Waals surface area contributed by atoms with Crippen LogP contribution >= 0.6 is 0 Å². The monoisotopic (exact) mass is 269 g/mol. The zero-order chi connectivity index (χ0) is 13.9. The van der Waals surface area contributed by atoms with Gasteiger partial charge in [-0.3, -0.25) is 4.79 Å². The number of nitrogens with two attached hydrogens (primary N) is 1. The van der Waals surface area contributed by atoms with E-state index < -0.39 is 5.91 Å². The first-order chi connectivity index (χ1) is 9.74. The van der Waals surface area contributed by atoms with E-state index >= 15 is 0 Å². The lowest BCUT2D eigenvalue weighted by molar-refractivity contribution is 0.0991. The summed E-state index contributed by atoms with van der Waals surface area (Å²) in [6.45, 7) is 0. The van der Waals surface area contributed by atoms with Gasteiger partial charge in [-0.15, -0.1) is 0 Å². The van der Waals surface area contributed by atoms with Gasteiger partial charge in [0.1, 0.15) is 0 Å². The Morgan fingerprint density at radius 1 is 1.15 bits per heavy atom. The molecule has 1 fully saturated rings. The number of carbonyl (C=O) groups is 1. The molecule has 1 aromatic heterocycles. The summed E-state index contributed by atoms with van der Waals surface area (Å²) in [4.78, 5) is 18.0. The zero-order valence-corrected chi connectivity index (χ0v) is 11.4. The van der Waals surface area contributed by atoms with E-state index in [1.165, 1.54) is 37.7 Å². The van der Waals surface area contributed by atoms with Crippen LogP contribution in [-0.4, -0.2) is 15.9 Å². The second-order valence-corrected chi connectivity index (χ2v) is 5.47. The minimum atomic E-state index is -0.532. The number of hydrogen-bond acceptors (Lipinski definition) is 2. The van der Waals surface area contributed by atoms with Crippen LogP contribution in [0.4, 0.5) is 0 Å². The van der Waals surface area contributed by atoms with Crippen LogP contribution in [0.1, 0.15) is 54.2 Å². The molecule has 1 heterocycles. The van der Waals surface area contributed by atoms with Crippen molar-refractivity contribution in [1.29, 1.82) is 0 Å². The van der Waals surface area contributed by atoms with Crippen LogP contribution < -0.4 is 5.73 Å². The van der Waals surface area contributed by atoms with Crippen molar-refractivity contribution in [2.75, 3.05) is 0 Å². The van der Waals surface area contributed by atoms with Gasteiger partial charge < -0.3 is 10.7 Å². The molecule has 0 saturated heterocycles. The molecule has 1 amide bonds. The number of imidazole rings is 1. The predicted molar refractivity (Wildman–Crippen MR) is 78.4 cm³/mol. The number of rotatable bonds is 3. The van der Waals surface area contributed by atoms with Gasteiger partial charge in [-0.25, -0.2) is 4.98 Å². The Kier molecular flexibility index (Phi) is 3.54. The number of benzene rings is 1. The molecule has 104 valence electrons. The van der Waals surface area contributed by atoms with Crippen molar-refractivity contribution in [2.24, 2.45) is 5.73 Å². The molecule has 1 aromatic carbocycles. The topological polar surface area (TPSA) is 71.8 Å². The molecule has 0 bridgehead atoms. The summed E-state index contributed by atoms with van der Waals surface area (Å²) in [5, 5.41) is 0. The lowest BCUT2D eigenvalue weighted by atomic mass is 9.84. The summed E-state index contributed by atoms with van der Waals surface area (Å²) in [6.07, 6.45) is 8.31. The molecule has 0 unspecified atom stereocenters. The summed E-state index contributed by atoms with van der Waals surface area (Å²) in [6, 6.07) is 8.55. The molecule has 20 heavy (non-hydrogen) atoms. The number of primary amides is 1. The molecule has 2 aromatic rings. The van der Waals surface area contributed by atoms with E-state index in [-0.39, 0.29) is 5.82 Å². The largest absolute Gasteiger partial charge is 0.363 e. The second kappa shape index (κ2) is 5.49. The fourth-order valence-corrected chi connectivity index (χ4v) is 2.96. The van der Waals surface area contributed by atoms with Gasteiger partial charge in [0.05, 0.1) is 11.9 Å². The molecule has 4 nitrogen and oxygen atoms in total. The van der Waals surface area contributed by atoms with Crippen molar-refractivity contribution in [3.8, 4) is 11.3 Å². The molecule has 3 rings (SSSR count). The molecular formula is C16H19N3O. The number of hydrogen-bond donors (Lipinski definition) is 2. The summed E-state index contributed by atoms with van der Waals surface area (Å²) in [5.41, 5.74) is 8.47. The average molecular weight is 269 g/mol. The number of amides is 1. The van der Waals surface area contributed by atoms with Crippen LogP contribution in [0.2, 0.25) is 0 Å². The minimum Gasteiger partial charge on any atom is -0.363 e. The molecule has 4 heteroatoms. The van der Waals surface area contributed by atoms with Crippen LogP contribution in [0.15, 0.2) is 30.5 Å². The Morgan fingerprint density at radius 2 is 1.85 bits per heavy atom. The predicted octanol–water partition coefficient (Wildman–Crippen LogP) is 3.22. The first-order valence-electron chi connectivity index (χ1n) is 7.19. The highest BCUT2D eigenvalue weighted by Crippen LogP contribution is 2.33. The lowest BCUT2D eigenvalue weighted by Crippen LogP contribution is -2.12. The van der Waals surface area contributed by atoms with E-state index in [0.717, 1.165) is 11.3 Å². The highest BCUT2D eigenvalue weighted by molar-refractivity contribution is 5.89. The smallest absolute Gasteiger partial charge is 0.284 e. The van der Waals surface area contributed by atoms with Gasteiger partial charge in [-0.1, -0.05) is 43.5 Å². The molecular weight excluding hydrogens is 250 g/mol. The van der Waals surface area contributed by atoms with Crippen molar-refractivity contribution in [1.82, 2.24) is 9.97 Å². The van der Waals surface area contributed by atoms with Gasteiger partial charge in [-0.05, 0) is 29.9 Å². The van der Waals surface area contributed by atoms with Gasteiger partial charge >= 0.3 is 0 Å². The standard InChI is InChI=1S/C16H19N3O/c17-15(20)16-18-10-14(19-16)13-8-6-12(7-9-13)11-4-2-1-3-5-11/h6-11H,1-5H2,(H2,17,20)(H,18,19). The van der Waals surface area contributed by atoms with Crippen molar-refractivity contribution in [3.63, 3.8) is 0 Å². The lowest BCUT2D eigenvalue weighted by Gasteiger charge is -2.22. The van der Waals surface area contributed by atoms with E-state index in [4.69, 9.17) is 5.73 Å². The van der Waals surface area contributed by atoms with Crippen molar-refractivity contribution >= 4 is 5.91 Å². The highest BCUT2D eigenvalue weighted by Gasteiger charge is 2.15. The number of H-pyrrole nitrogens is 1. The van der Waals surface area contributed by atoms with Crippen LogP contribution in [0.5, 0.6) is 0 Å². The first-order valence-corrected chi connectivity index (χ1v) is 7.19. The van der Waals surface area contributed by atoms with Gasteiger partial charge in [0.25, 0.3) is 5.91 Å². The molecule has 1 aliphatic rings. The maximum atomic E-state index is 11.0. The molecule has 0 atom stereocenters. The van der Waals surface area contributed by atoms with Gasteiger partial charge in [0, 0.05) is 0 Å². The maximum absolute atomic E-state index is 11.0. The average Bonchev–Trinajstić information content (AvgIpc) is 2.98. The van der Waals surface area contributed by atoms with Crippen LogP contribution in [0, 0.1) is 0 Å². The van der Waals surface area contributed by atoms with Crippen LogP contribution in [-0.2, 0) is 0 Å².